The summed E-state index contributed by atoms with van der Waals surface area (Å²) in [6.07, 6.45) is 0. The van der Waals surface area contributed by atoms with Crippen molar-refractivity contribution in [3.05, 3.63) is 34.1 Å². The van der Waals surface area contributed by atoms with Gasteiger partial charge in [0.15, 0.2) is 0 Å². The maximum Gasteiger partial charge on any atom is 0.139 e. The molecular formula is C16H20N2O2S. The minimum Gasteiger partial charge on any atom is -0.497 e. The summed E-state index contributed by atoms with van der Waals surface area (Å²) in [5.41, 5.74) is 3.01. The van der Waals surface area contributed by atoms with Crippen molar-refractivity contribution in [2.45, 2.75) is 26.7 Å². The van der Waals surface area contributed by atoms with Gasteiger partial charge in [0.25, 0.3) is 0 Å². The zero-order valence-electron chi connectivity index (χ0n) is 13.0. The lowest BCUT2D eigenvalue weighted by Gasteiger charge is -2.13. The molecule has 0 saturated carbocycles. The van der Waals surface area contributed by atoms with Gasteiger partial charge in [-0.1, -0.05) is 26.1 Å². The molecule has 0 fully saturated rings. The summed E-state index contributed by atoms with van der Waals surface area (Å²) in [6, 6.07) is 5.64. The summed E-state index contributed by atoms with van der Waals surface area (Å²) < 4.78 is 11.2. The number of aromatic amines is 1. The summed E-state index contributed by atoms with van der Waals surface area (Å²) in [5.74, 6) is 2.50. The Hall–Kier alpha value is -1.88. The van der Waals surface area contributed by atoms with Gasteiger partial charge in [0.2, 0.25) is 0 Å². The van der Waals surface area contributed by atoms with Crippen LogP contribution in [0, 0.1) is 11.6 Å². The van der Waals surface area contributed by atoms with E-state index in [0.29, 0.717) is 10.6 Å². The molecule has 0 radical (unpaired) electrons. The fraction of sp³-hybridized carbons (Fsp3) is 0.375. The lowest BCUT2D eigenvalue weighted by atomic mass is 10.0. The monoisotopic (exact) mass is 304 g/mol. The fourth-order valence-electron chi connectivity index (χ4n) is 2.36. The van der Waals surface area contributed by atoms with Crippen molar-refractivity contribution in [1.82, 2.24) is 9.97 Å². The number of hydrogen-bond acceptors (Lipinski definition) is 4. The molecule has 5 heteroatoms. The summed E-state index contributed by atoms with van der Waals surface area (Å²) in [6.45, 7) is 6.25. The first-order valence-corrected chi connectivity index (χ1v) is 7.21. The van der Waals surface area contributed by atoms with E-state index in [2.05, 4.69) is 23.8 Å². The topological polar surface area (TPSA) is 47.1 Å². The van der Waals surface area contributed by atoms with Crippen LogP contribution in [-0.4, -0.2) is 24.2 Å². The van der Waals surface area contributed by atoms with Crippen LogP contribution in [0.5, 0.6) is 11.5 Å². The Bertz CT molecular complexity index is 686. The van der Waals surface area contributed by atoms with Gasteiger partial charge in [0.1, 0.15) is 22.0 Å². The third-order valence-corrected chi connectivity index (χ3v) is 3.67. The predicted octanol–water partition coefficient (Wildman–Crippen LogP) is 4.26. The average Bonchev–Trinajstić information content (AvgIpc) is 2.45. The second kappa shape index (κ2) is 6.26. The van der Waals surface area contributed by atoms with Crippen molar-refractivity contribution >= 4 is 12.2 Å². The van der Waals surface area contributed by atoms with Crippen molar-refractivity contribution in [2.24, 2.45) is 0 Å². The van der Waals surface area contributed by atoms with Gasteiger partial charge < -0.3 is 14.5 Å². The number of H-pyrrole nitrogens is 1. The number of aromatic nitrogens is 2. The van der Waals surface area contributed by atoms with E-state index in [4.69, 9.17) is 21.7 Å². The molecule has 2 aromatic rings. The Morgan fingerprint density at radius 1 is 1.10 bits per heavy atom. The van der Waals surface area contributed by atoms with Crippen molar-refractivity contribution in [1.29, 1.82) is 0 Å². The molecular weight excluding hydrogens is 284 g/mol. The molecule has 21 heavy (non-hydrogen) atoms. The maximum absolute atomic E-state index is 5.43. The van der Waals surface area contributed by atoms with Crippen molar-refractivity contribution < 1.29 is 9.47 Å². The molecule has 112 valence electrons. The molecule has 1 aromatic carbocycles. The van der Waals surface area contributed by atoms with E-state index < -0.39 is 0 Å². The van der Waals surface area contributed by atoms with Crippen LogP contribution in [0.15, 0.2) is 18.2 Å². The molecule has 4 nitrogen and oxygen atoms in total. The third-order valence-electron chi connectivity index (χ3n) is 3.36. The lowest BCUT2D eigenvalue weighted by Crippen LogP contribution is -2.02. The highest BCUT2D eigenvalue weighted by Crippen LogP contribution is 2.29. The van der Waals surface area contributed by atoms with Crippen LogP contribution in [0.3, 0.4) is 0 Å². The lowest BCUT2D eigenvalue weighted by molar-refractivity contribution is 0.394. The summed E-state index contributed by atoms with van der Waals surface area (Å²) in [5, 5.41) is 0. The standard InChI is InChI=1S/C16H20N2O2S/c1-9(2)14-10(3)17-15(18-16(14)21)11-6-12(19-4)8-13(7-11)20-5/h6-9H,1-5H3,(H,17,18,21). The third kappa shape index (κ3) is 3.24. The molecule has 0 saturated heterocycles. The Kier molecular flexibility index (Phi) is 4.63. The van der Waals surface area contributed by atoms with Gasteiger partial charge in [-0.05, 0) is 25.0 Å². The van der Waals surface area contributed by atoms with E-state index in [1.165, 1.54) is 0 Å². The van der Waals surface area contributed by atoms with E-state index in [-0.39, 0.29) is 0 Å². The van der Waals surface area contributed by atoms with Crippen LogP contribution in [0.1, 0.15) is 31.0 Å². The molecule has 0 amide bonds. The van der Waals surface area contributed by atoms with Gasteiger partial charge >= 0.3 is 0 Å². The van der Waals surface area contributed by atoms with E-state index in [9.17, 15) is 0 Å². The molecule has 0 atom stereocenters. The largest absolute Gasteiger partial charge is 0.497 e. The molecule has 1 aromatic heterocycles. The van der Waals surface area contributed by atoms with Gasteiger partial charge in [-0.25, -0.2) is 4.98 Å². The second-order valence-electron chi connectivity index (χ2n) is 5.19. The van der Waals surface area contributed by atoms with E-state index in [1.54, 1.807) is 14.2 Å². The molecule has 0 aliphatic rings. The first-order valence-electron chi connectivity index (χ1n) is 6.80. The Labute approximate surface area is 130 Å². The van der Waals surface area contributed by atoms with Gasteiger partial charge in [-0.2, -0.15) is 0 Å². The number of nitrogens with one attached hydrogen (secondary N) is 1. The first-order chi connectivity index (χ1) is 9.96. The second-order valence-corrected chi connectivity index (χ2v) is 5.57. The van der Waals surface area contributed by atoms with Gasteiger partial charge in [0, 0.05) is 22.9 Å². The predicted molar refractivity (Wildman–Crippen MR) is 86.8 cm³/mol. The van der Waals surface area contributed by atoms with Crippen LogP contribution in [0.4, 0.5) is 0 Å². The Morgan fingerprint density at radius 2 is 1.67 bits per heavy atom. The molecule has 0 aliphatic heterocycles. The summed E-state index contributed by atoms with van der Waals surface area (Å²) >= 11 is 5.43. The average molecular weight is 304 g/mol. The molecule has 1 heterocycles. The number of hydrogen-bond donors (Lipinski definition) is 1. The quantitative estimate of drug-likeness (QED) is 0.858. The minimum absolute atomic E-state index is 0.343. The van der Waals surface area contributed by atoms with Crippen LogP contribution < -0.4 is 9.47 Å². The highest BCUT2D eigenvalue weighted by atomic mass is 32.1. The first kappa shape index (κ1) is 15.5. The highest BCUT2D eigenvalue weighted by Gasteiger charge is 2.12. The highest BCUT2D eigenvalue weighted by molar-refractivity contribution is 7.71. The molecule has 2 rings (SSSR count). The zero-order valence-corrected chi connectivity index (χ0v) is 13.8. The molecule has 0 aliphatic carbocycles. The van der Waals surface area contributed by atoms with Crippen molar-refractivity contribution in [3.63, 3.8) is 0 Å². The minimum atomic E-state index is 0.343. The van der Waals surface area contributed by atoms with Crippen LogP contribution in [0.2, 0.25) is 0 Å². The van der Waals surface area contributed by atoms with E-state index >= 15 is 0 Å². The van der Waals surface area contributed by atoms with Crippen LogP contribution in [0.25, 0.3) is 11.4 Å². The van der Waals surface area contributed by atoms with E-state index in [1.807, 2.05) is 25.1 Å². The fourth-order valence-corrected chi connectivity index (χ4v) is 2.84. The number of nitrogens with zero attached hydrogens (tertiary/aromatic N) is 1. The van der Waals surface area contributed by atoms with Crippen LogP contribution >= 0.6 is 12.2 Å². The SMILES string of the molecule is COc1cc(OC)cc(-c2nc(=S)c(C(C)C)c(C)[nH]2)c1. The van der Waals surface area contributed by atoms with Crippen molar-refractivity contribution in [3.8, 4) is 22.9 Å². The molecule has 0 unspecified atom stereocenters. The van der Waals surface area contributed by atoms with Gasteiger partial charge in [-0.15, -0.1) is 0 Å². The van der Waals surface area contributed by atoms with Crippen molar-refractivity contribution in [2.75, 3.05) is 14.2 Å². The maximum atomic E-state index is 5.43. The number of benzene rings is 1. The van der Waals surface area contributed by atoms with E-state index in [0.717, 1.165) is 34.1 Å². The molecule has 0 bridgehead atoms. The Balaban J connectivity index is 2.60. The molecule has 1 N–H and O–H groups in total. The zero-order chi connectivity index (χ0) is 15.6. The normalized spacial score (nSPS) is 10.8. The number of methoxy groups -OCH3 is 2. The van der Waals surface area contributed by atoms with Gasteiger partial charge in [0.05, 0.1) is 14.2 Å². The summed E-state index contributed by atoms with van der Waals surface area (Å²) in [7, 11) is 3.25. The number of ether oxygens (including phenoxy) is 2. The van der Waals surface area contributed by atoms with Gasteiger partial charge in [-0.3, -0.25) is 0 Å². The molecule has 0 spiro atoms. The number of aryl methyl sites for hydroxylation is 1. The Morgan fingerprint density at radius 3 is 2.10 bits per heavy atom. The smallest absolute Gasteiger partial charge is 0.139 e. The van der Waals surface area contributed by atoms with Crippen LogP contribution in [-0.2, 0) is 0 Å². The number of rotatable bonds is 4. The summed E-state index contributed by atoms with van der Waals surface area (Å²) in [4.78, 5) is 7.85.